The molecule has 0 fully saturated rings. The zero-order chi connectivity index (χ0) is 19.0. The lowest BCUT2D eigenvalue weighted by Gasteiger charge is -2.18. The van der Waals surface area contributed by atoms with Gasteiger partial charge in [0.1, 0.15) is 5.84 Å². The summed E-state index contributed by atoms with van der Waals surface area (Å²) < 4.78 is 0. The number of carbonyl (C=O) groups excluding carboxylic acids is 2. The Kier molecular flexibility index (Phi) is 7.33. The number of hydrogen-bond acceptors (Lipinski definition) is 4. The van der Waals surface area contributed by atoms with Crippen LogP contribution in [-0.2, 0) is 14.4 Å². The van der Waals surface area contributed by atoms with E-state index >= 15 is 0 Å². The molecule has 0 radical (unpaired) electrons. The first kappa shape index (κ1) is 19.9. The number of carboxylic acid groups (broad SMARTS) is 1. The lowest BCUT2D eigenvalue weighted by molar-refractivity contribution is -0.137. The molecule has 2 amide bonds. The molecule has 0 bridgehead atoms. The van der Waals surface area contributed by atoms with E-state index in [2.05, 4.69) is 11.9 Å². The summed E-state index contributed by atoms with van der Waals surface area (Å²) in [6, 6.07) is 5.92. The number of amides is 2. The molecule has 0 aliphatic heterocycles. The maximum atomic E-state index is 12.2. The van der Waals surface area contributed by atoms with Crippen LogP contribution >= 0.6 is 0 Å². The topological polar surface area (TPSA) is 137 Å². The van der Waals surface area contributed by atoms with Gasteiger partial charge in [-0.1, -0.05) is 6.08 Å². The molecule has 8 heteroatoms. The normalized spacial score (nSPS) is 11.2. The molecule has 0 saturated heterocycles. The van der Waals surface area contributed by atoms with Gasteiger partial charge >= 0.3 is 5.97 Å². The van der Waals surface area contributed by atoms with Gasteiger partial charge in [0.25, 0.3) is 0 Å². The molecular formula is C17H22N4O4. The second kappa shape index (κ2) is 9.21. The maximum Gasteiger partial charge on any atom is 0.305 e. The highest BCUT2D eigenvalue weighted by Crippen LogP contribution is 2.15. The number of carboxylic acids is 1. The van der Waals surface area contributed by atoms with E-state index in [9.17, 15) is 14.4 Å². The van der Waals surface area contributed by atoms with Gasteiger partial charge in [0.2, 0.25) is 11.8 Å². The Labute approximate surface area is 145 Å². The number of aliphatic carboxylic acids is 1. The summed E-state index contributed by atoms with van der Waals surface area (Å²) in [5.41, 5.74) is 6.55. The summed E-state index contributed by atoms with van der Waals surface area (Å²) in [5, 5.41) is 18.6. The van der Waals surface area contributed by atoms with Crippen LogP contribution < -0.4 is 16.0 Å². The van der Waals surface area contributed by atoms with Gasteiger partial charge in [0, 0.05) is 31.1 Å². The number of amidine groups is 1. The molecule has 0 aliphatic carbocycles. The van der Waals surface area contributed by atoms with E-state index in [0.29, 0.717) is 11.3 Å². The van der Waals surface area contributed by atoms with Crippen LogP contribution in [0.3, 0.4) is 0 Å². The second-order valence-electron chi connectivity index (χ2n) is 5.42. The van der Waals surface area contributed by atoms with Gasteiger partial charge in [-0.15, -0.1) is 6.58 Å². The molecule has 0 spiro atoms. The van der Waals surface area contributed by atoms with Crippen LogP contribution in [0, 0.1) is 5.41 Å². The summed E-state index contributed by atoms with van der Waals surface area (Å²) in [7, 11) is 1.58. The van der Waals surface area contributed by atoms with Gasteiger partial charge < -0.3 is 21.1 Å². The van der Waals surface area contributed by atoms with Crippen LogP contribution in [0.5, 0.6) is 0 Å². The van der Waals surface area contributed by atoms with Crippen molar-refractivity contribution < 1.29 is 19.5 Å². The molecule has 0 aliphatic rings. The lowest BCUT2D eigenvalue weighted by Crippen LogP contribution is -2.36. The number of nitrogen functional groups attached to an aromatic ring is 1. The van der Waals surface area contributed by atoms with E-state index in [1.165, 1.54) is 11.0 Å². The fourth-order valence-electron chi connectivity index (χ4n) is 2.06. The molecule has 1 rings (SSSR count). The molecule has 25 heavy (non-hydrogen) atoms. The SMILES string of the molecule is C=C[C@H](CC(=O)O)NC(=O)CCC(=O)N(C)c1ccc(C(=N)N)cc1. The Bertz CT molecular complexity index is 670. The smallest absolute Gasteiger partial charge is 0.305 e. The Morgan fingerprint density at radius 1 is 1.32 bits per heavy atom. The van der Waals surface area contributed by atoms with Crippen LogP contribution in [0.25, 0.3) is 0 Å². The van der Waals surface area contributed by atoms with Gasteiger partial charge in [0.15, 0.2) is 0 Å². The molecule has 1 aromatic rings. The Morgan fingerprint density at radius 3 is 2.40 bits per heavy atom. The van der Waals surface area contributed by atoms with Crippen molar-refractivity contribution in [3.05, 3.63) is 42.5 Å². The standard InChI is InChI=1S/C17H22N4O4/c1-3-12(10-16(24)25)20-14(22)8-9-15(23)21(2)13-6-4-11(5-7-13)17(18)19/h3-7,12H,1,8-10H2,2H3,(H3,18,19)(H,20,22)(H,24,25)/t12-/m1/s1. The molecule has 5 N–H and O–H groups in total. The van der Waals surface area contributed by atoms with E-state index in [0.717, 1.165) is 0 Å². The molecule has 1 atom stereocenters. The Hall–Kier alpha value is -3.16. The summed E-state index contributed by atoms with van der Waals surface area (Å²) in [6.45, 7) is 3.47. The summed E-state index contributed by atoms with van der Waals surface area (Å²) in [5.74, 6) is -1.79. The second-order valence-corrected chi connectivity index (χ2v) is 5.42. The molecule has 0 aromatic heterocycles. The summed E-state index contributed by atoms with van der Waals surface area (Å²) in [6.07, 6.45) is 1.01. The highest BCUT2D eigenvalue weighted by atomic mass is 16.4. The van der Waals surface area contributed by atoms with Gasteiger partial charge in [-0.2, -0.15) is 0 Å². The predicted octanol–water partition coefficient (Wildman–Crippen LogP) is 0.859. The number of nitrogens with two attached hydrogens (primary N) is 1. The summed E-state index contributed by atoms with van der Waals surface area (Å²) in [4.78, 5) is 36.0. The predicted molar refractivity (Wildman–Crippen MR) is 94.5 cm³/mol. The zero-order valence-corrected chi connectivity index (χ0v) is 14.0. The fourth-order valence-corrected chi connectivity index (χ4v) is 2.06. The summed E-state index contributed by atoms with van der Waals surface area (Å²) >= 11 is 0. The van der Waals surface area contributed by atoms with Crippen molar-refractivity contribution in [2.24, 2.45) is 5.73 Å². The van der Waals surface area contributed by atoms with Crippen molar-refractivity contribution in [2.75, 3.05) is 11.9 Å². The highest BCUT2D eigenvalue weighted by Gasteiger charge is 2.16. The largest absolute Gasteiger partial charge is 0.481 e. The van der Waals surface area contributed by atoms with Crippen LogP contribution in [0.1, 0.15) is 24.8 Å². The van der Waals surface area contributed by atoms with Crippen LogP contribution in [0.2, 0.25) is 0 Å². The third-order valence-corrected chi connectivity index (χ3v) is 3.53. The molecule has 8 nitrogen and oxygen atoms in total. The quantitative estimate of drug-likeness (QED) is 0.299. The van der Waals surface area contributed by atoms with Gasteiger partial charge in [-0.25, -0.2) is 0 Å². The van der Waals surface area contributed by atoms with Crippen molar-refractivity contribution in [1.29, 1.82) is 5.41 Å². The number of benzene rings is 1. The molecular weight excluding hydrogens is 324 g/mol. The van der Waals surface area contributed by atoms with Crippen LogP contribution in [0.4, 0.5) is 5.69 Å². The first-order valence-corrected chi connectivity index (χ1v) is 7.59. The average Bonchev–Trinajstić information content (AvgIpc) is 2.58. The number of nitrogens with one attached hydrogen (secondary N) is 2. The number of hydrogen-bond donors (Lipinski definition) is 4. The molecule has 0 saturated carbocycles. The molecule has 0 unspecified atom stereocenters. The number of carbonyl (C=O) groups is 3. The average molecular weight is 346 g/mol. The van der Waals surface area contributed by atoms with E-state index in [1.807, 2.05) is 0 Å². The van der Waals surface area contributed by atoms with Crippen molar-refractivity contribution >= 4 is 29.3 Å². The van der Waals surface area contributed by atoms with Crippen molar-refractivity contribution in [1.82, 2.24) is 5.32 Å². The molecule has 134 valence electrons. The first-order valence-electron chi connectivity index (χ1n) is 7.59. The monoisotopic (exact) mass is 346 g/mol. The van der Waals surface area contributed by atoms with Crippen molar-refractivity contribution in [2.45, 2.75) is 25.3 Å². The van der Waals surface area contributed by atoms with Gasteiger partial charge in [-0.3, -0.25) is 19.8 Å². The van der Waals surface area contributed by atoms with E-state index in [4.69, 9.17) is 16.2 Å². The van der Waals surface area contributed by atoms with E-state index < -0.39 is 17.9 Å². The van der Waals surface area contributed by atoms with Crippen LogP contribution in [0.15, 0.2) is 36.9 Å². The number of nitrogens with zero attached hydrogens (tertiary/aromatic N) is 1. The van der Waals surface area contributed by atoms with E-state index in [1.54, 1.807) is 31.3 Å². The third-order valence-electron chi connectivity index (χ3n) is 3.53. The fraction of sp³-hybridized carbons (Fsp3) is 0.294. The van der Waals surface area contributed by atoms with Gasteiger partial charge in [0.05, 0.1) is 12.5 Å². The van der Waals surface area contributed by atoms with Crippen molar-refractivity contribution in [3.8, 4) is 0 Å². The minimum Gasteiger partial charge on any atom is -0.481 e. The minimum atomic E-state index is -1.05. The number of anilines is 1. The highest BCUT2D eigenvalue weighted by molar-refractivity contribution is 5.97. The molecule has 1 aromatic carbocycles. The first-order chi connectivity index (χ1) is 11.7. The van der Waals surface area contributed by atoms with Crippen molar-refractivity contribution in [3.63, 3.8) is 0 Å². The van der Waals surface area contributed by atoms with Crippen LogP contribution in [-0.4, -0.2) is 41.8 Å². The molecule has 0 heterocycles. The Morgan fingerprint density at radius 2 is 1.92 bits per heavy atom. The number of rotatable bonds is 9. The zero-order valence-electron chi connectivity index (χ0n) is 14.0. The van der Waals surface area contributed by atoms with E-state index in [-0.39, 0.29) is 31.0 Å². The van der Waals surface area contributed by atoms with Gasteiger partial charge in [-0.05, 0) is 24.3 Å². The lowest BCUT2D eigenvalue weighted by atomic mass is 10.1. The minimum absolute atomic E-state index is 0.0201. The third kappa shape index (κ3) is 6.46. The maximum absolute atomic E-state index is 12.2. The Balaban J connectivity index is 2.54.